The van der Waals surface area contributed by atoms with Gasteiger partial charge in [0.05, 0.1) is 23.0 Å². The first-order valence-corrected chi connectivity index (χ1v) is 8.93. The van der Waals surface area contributed by atoms with E-state index in [0.717, 1.165) is 18.4 Å². The van der Waals surface area contributed by atoms with Gasteiger partial charge >= 0.3 is 0 Å². The van der Waals surface area contributed by atoms with Crippen molar-refractivity contribution in [1.82, 2.24) is 0 Å². The summed E-state index contributed by atoms with van der Waals surface area (Å²) in [5, 5.41) is 8.74. The smallest absolute Gasteiger partial charge is 0.158 e. The summed E-state index contributed by atoms with van der Waals surface area (Å²) in [6, 6.07) is 11.5. The fourth-order valence-electron chi connectivity index (χ4n) is 3.04. The minimum atomic E-state index is -3.26. The van der Waals surface area contributed by atoms with E-state index >= 15 is 0 Å². The third-order valence-electron chi connectivity index (χ3n) is 4.32. The number of hydrogen-bond acceptors (Lipinski definition) is 3. The van der Waals surface area contributed by atoms with Crippen LogP contribution in [0.2, 0.25) is 0 Å². The molecule has 1 aliphatic carbocycles. The van der Waals surface area contributed by atoms with E-state index in [9.17, 15) is 13.7 Å². The Labute approximate surface area is 121 Å². The maximum atomic E-state index is 12.6. The highest BCUT2D eigenvalue weighted by Crippen LogP contribution is 2.35. The maximum Gasteiger partial charge on any atom is 0.158 e. The van der Waals surface area contributed by atoms with Crippen molar-refractivity contribution in [2.24, 2.45) is 11.8 Å². The van der Waals surface area contributed by atoms with Crippen molar-refractivity contribution < 1.29 is 8.42 Å². The lowest BCUT2D eigenvalue weighted by Gasteiger charge is -2.31. The highest BCUT2D eigenvalue weighted by atomic mass is 32.2. The van der Waals surface area contributed by atoms with Crippen molar-refractivity contribution in [3.8, 4) is 6.07 Å². The van der Waals surface area contributed by atoms with Gasteiger partial charge in [0.1, 0.15) is 0 Å². The Morgan fingerprint density at radius 1 is 1.25 bits per heavy atom. The predicted octanol–water partition coefficient (Wildman–Crippen LogP) is 3.32. The molecule has 0 spiro atoms. The molecule has 3 unspecified atom stereocenters. The van der Waals surface area contributed by atoms with Crippen LogP contribution < -0.4 is 0 Å². The molecular formula is C16H21NO2S. The Balaban J connectivity index is 2.20. The van der Waals surface area contributed by atoms with Gasteiger partial charge in [-0.05, 0) is 30.7 Å². The van der Waals surface area contributed by atoms with E-state index in [2.05, 4.69) is 13.0 Å². The first-order valence-electron chi connectivity index (χ1n) is 7.22. The molecule has 0 saturated heterocycles. The van der Waals surface area contributed by atoms with Crippen LogP contribution in [0.1, 0.15) is 38.2 Å². The van der Waals surface area contributed by atoms with E-state index < -0.39 is 15.1 Å². The summed E-state index contributed by atoms with van der Waals surface area (Å²) in [6.07, 6.45) is 3.33. The van der Waals surface area contributed by atoms with Crippen LogP contribution in [0.15, 0.2) is 30.3 Å². The molecule has 20 heavy (non-hydrogen) atoms. The molecular weight excluding hydrogens is 270 g/mol. The van der Waals surface area contributed by atoms with E-state index in [1.54, 1.807) is 0 Å². The molecule has 0 amide bonds. The molecule has 1 fully saturated rings. The molecule has 2 rings (SSSR count). The molecule has 0 aromatic heterocycles. The molecule has 0 N–H and O–H groups in total. The fourth-order valence-corrected chi connectivity index (χ4v) is 5.17. The highest BCUT2D eigenvalue weighted by Gasteiger charge is 2.38. The third kappa shape index (κ3) is 3.40. The van der Waals surface area contributed by atoms with Crippen molar-refractivity contribution in [1.29, 1.82) is 5.26 Å². The van der Waals surface area contributed by atoms with Gasteiger partial charge < -0.3 is 0 Å². The summed E-state index contributed by atoms with van der Waals surface area (Å²) < 4.78 is 25.3. The number of nitriles is 1. The summed E-state index contributed by atoms with van der Waals surface area (Å²) in [6.45, 7) is 2.10. The normalized spacial score (nSPS) is 26.9. The minimum absolute atomic E-state index is 0.0487. The van der Waals surface area contributed by atoms with Gasteiger partial charge in [-0.3, -0.25) is 0 Å². The summed E-state index contributed by atoms with van der Waals surface area (Å²) in [5.74, 6) is 0.147. The summed E-state index contributed by atoms with van der Waals surface area (Å²) in [5.41, 5.74) is 0.808. The molecule has 0 bridgehead atoms. The number of nitrogens with zero attached hydrogens (tertiary/aromatic N) is 1. The van der Waals surface area contributed by atoms with Crippen LogP contribution in [-0.4, -0.2) is 13.7 Å². The second kappa shape index (κ2) is 6.41. The van der Waals surface area contributed by atoms with E-state index in [0.29, 0.717) is 18.8 Å². The molecule has 108 valence electrons. The molecule has 0 radical (unpaired) electrons. The quantitative estimate of drug-likeness (QED) is 0.855. The van der Waals surface area contributed by atoms with Gasteiger partial charge in [0.2, 0.25) is 0 Å². The fraction of sp³-hybridized carbons (Fsp3) is 0.562. The number of hydrogen-bond donors (Lipinski definition) is 0. The molecule has 0 aliphatic heterocycles. The molecule has 1 aliphatic rings. The average molecular weight is 291 g/mol. The first kappa shape index (κ1) is 15.1. The van der Waals surface area contributed by atoms with E-state index in [1.165, 1.54) is 0 Å². The number of benzene rings is 1. The topological polar surface area (TPSA) is 57.9 Å². The van der Waals surface area contributed by atoms with Crippen LogP contribution in [0.3, 0.4) is 0 Å². The lowest BCUT2D eigenvalue weighted by Crippen LogP contribution is -2.36. The first-order chi connectivity index (χ1) is 9.56. The second-order valence-corrected chi connectivity index (χ2v) is 7.87. The largest absolute Gasteiger partial charge is 0.228 e. The molecule has 4 heteroatoms. The van der Waals surface area contributed by atoms with Gasteiger partial charge in [0.15, 0.2) is 9.84 Å². The highest BCUT2D eigenvalue weighted by molar-refractivity contribution is 7.91. The average Bonchev–Trinajstić information content (AvgIpc) is 2.47. The van der Waals surface area contributed by atoms with Crippen LogP contribution in [-0.2, 0) is 15.6 Å². The van der Waals surface area contributed by atoms with Crippen molar-refractivity contribution in [3.63, 3.8) is 0 Å². The van der Waals surface area contributed by atoms with Crippen LogP contribution in [0.5, 0.6) is 0 Å². The van der Waals surface area contributed by atoms with E-state index in [1.807, 2.05) is 30.3 Å². The molecule has 1 aromatic rings. The zero-order chi connectivity index (χ0) is 14.6. The third-order valence-corrected chi connectivity index (χ3v) is 6.49. The van der Waals surface area contributed by atoms with Gasteiger partial charge in [-0.2, -0.15) is 5.26 Å². The SMILES string of the molecule is CCC1CCC(C#N)C(S(=O)(=O)Cc2ccccc2)C1. The van der Waals surface area contributed by atoms with E-state index in [-0.39, 0.29) is 11.7 Å². The Morgan fingerprint density at radius 2 is 1.95 bits per heavy atom. The standard InChI is InChI=1S/C16H21NO2S/c1-2-13-8-9-15(11-17)16(10-13)20(18,19)12-14-6-4-3-5-7-14/h3-7,13,15-16H,2,8-10,12H2,1H3. The predicted molar refractivity (Wildman–Crippen MR) is 79.6 cm³/mol. The lowest BCUT2D eigenvalue weighted by molar-refractivity contribution is 0.308. The van der Waals surface area contributed by atoms with Crippen molar-refractivity contribution in [2.45, 2.75) is 43.6 Å². The van der Waals surface area contributed by atoms with Gasteiger partial charge in [-0.1, -0.05) is 43.7 Å². The van der Waals surface area contributed by atoms with Crippen LogP contribution >= 0.6 is 0 Å². The lowest BCUT2D eigenvalue weighted by atomic mass is 9.81. The van der Waals surface area contributed by atoms with E-state index in [4.69, 9.17) is 0 Å². The summed E-state index contributed by atoms with van der Waals surface area (Å²) in [4.78, 5) is 0. The number of sulfone groups is 1. The molecule has 1 saturated carbocycles. The molecule has 3 nitrogen and oxygen atoms in total. The zero-order valence-corrected chi connectivity index (χ0v) is 12.6. The van der Waals surface area contributed by atoms with Crippen molar-refractivity contribution in [2.75, 3.05) is 0 Å². The van der Waals surface area contributed by atoms with Gasteiger partial charge in [0.25, 0.3) is 0 Å². The van der Waals surface area contributed by atoms with Gasteiger partial charge in [-0.15, -0.1) is 0 Å². The minimum Gasteiger partial charge on any atom is -0.228 e. The van der Waals surface area contributed by atoms with Gasteiger partial charge in [0, 0.05) is 0 Å². The van der Waals surface area contributed by atoms with Gasteiger partial charge in [-0.25, -0.2) is 8.42 Å². The Kier molecular flexibility index (Phi) is 4.82. The summed E-state index contributed by atoms with van der Waals surface area (Å²) in [7, 11) is -3.26. The maximum absolute atomic E-state index is 12.6. The summed E-state index contributed by atoms with van der Waals surface area (Å²) >= 11 is 0. The van der Waals surface area contributed by atoms with Crippen molar-refractivity contribution in [3.05, 3.63) is 35.9 Å². The zero-order valence-electron chi connectivity index (χ0n) is 11.8. The van der Waals surface area contributed by atoms with Crippen LogP contribution in [0, 0.1) is 23.2 Å². The van der Waals surface area contributed by atoms with Crippen LogP contribution in [0.25, 0.3) is 0 Å². The van der Waals surface area contributed by atoms with Crippen LogP contribution in [0.4, 0.5) is 0 Å². The Hall–Kier alpha value is -1.34. The Morgan fingerprint density at radius 3 is 2.55 bits per heavy atom. The monoisotopic (exact) mass is 291 g/mol. The molecule has 0 heterocycles. The molecule has 3 atom stereocenters. The second-order valence-electron chi connectivity index (χ2n) is 5.65. The Bertz CT molecular complexity index is 574. The molecule has 1 aromatic carbocycles. The number of rotatable bonds is 4. The van der Waals surface area contributed by atoms with Crippen molar-refractivity contribution >= 4 is 9.84 Å².